The van der Waals surface area contributed by atoms with Crippen LogP contribution in [-0.2, 0) is 4.74 Å². The van der Waals surface area contributed by atoms with Crippen LogP contribution in [0, 0.1) is 6.92 Å². The summed E-state index contributed by atoms with van der Waals surface area (Å²) in [6, 6.07) is 15.4. The van der Waals surface area contributed by atoms with Crippen molar-refractivity contribution in [3.63, 3.8) is 0 Å². The second-order valence-electron chi connectivity index (χ2n) is 4.29. The van der Waals surface area contributed by atoms with Crippen LogP contribution in [-0.4, -0.2) is 12.6 Å². The number of esters is 1. The predicted molar refractivity (Wildman–Crippen MR) is 76.9 cm³/mol. The minimum absolute atomic E-state index is 0.296. The molecule has 0 fully saturated rings. The van der Waals surface area contributed by atoms with Crippen molar-refractivity contribution in [2.24, 2.45) is 0 Å². The van der Waals surface area contributed by atoms with Crippen LogP contribution in [0.2, 0.25) is 0 Å². The molecule has 2 rings (SSSR count). The first-order valence-corrected chi connectivity index (χ1v) is 6.30. The molecule has 19 heavy (non-hydrogen) atoms. The van der Waals surface area contributed by atoms with E-state index in [1.54, 1.807) is 19.1 Å². The summed E-state index contributed by atoms with van der Waals surface area (Å²) >= 11 is 0. The SMILES string of the molecule is CCOC(=O)c1cccc(Nc2ccc(C)cc2)c1. The lowest BCUT2D eigenvalue weighted by Gasteiger charge is -2.08. The molecule has 0 saturated heterocycles. The van der Waals surface area contributed by atoms with Crippen molar-refractivity contribution >= 4 is 17.3 Å². The normalized spacial score (nSPS) is 10.0. The van der Waals surface area contributed by atoms with Crippen LogP contribution < -0.4 is 5.32 Å². The molecule has 3 nitrogen and oxygen atoms in total. The summed E-state index contributed by atoms with van der Waals surface area (Å²) in [6.07, 6.45) is 0. The van der Waals surface area contributed by atoms with E-state index in [0.29, 0.717) is 12.2 Å². The molecule has 0 aliphatic rings. The molecule has 0 aliphatic heterocycles. The molecule has 2 aromatic rings. The molecule has 0 aliphatic carbocycles. The van der Waals surface area contributed by atoms with E-state index < -0.39 is 0 Å². The Labute approximate surface area is 113 Å². The summed E-state index contributed by atoms with van der Waals surface area (Å²) in [5.74, 6) is -0.296. The Morgan fingerprint density at radius 2 is 1.84 bits per heavy atom. The fourth-order valence-electron chi connectivity index (χ4n) is 1.74. The summed E-state index contributed by atoms with van der Waals surface area (Å²) in [5, 5.41) is 3.26. The lowest BCUT2D eigenvalue weighted by atomic mass is 10.2. The van der Waals surface area contributed by atoms with Crippen LogP contribution in [0.25, 0.3) is 0 Å². The molecule has 0 atom stereocenters. The maximum absolute atomic E-state index is 11.6. The van der Waals surface area contributed by atoms with E-state index in [4.69, 9.17) is 4.74 Å². The van der Waals surface area contributed by atoms with Gasteiger partial charge < -0.3 is 10.1 Å². The monoisotopic (exact) mass is 255 g/mol. The number of aryl methyl sites for hydroxylation is 1. The summed E-state index contributed by atoms with van der Waals surface area (Å²) in [6.45, 7) is 4.23. The van der Waals surface area contributed by atoms with Crippen molar-refractivity contribution < 1.29 is 9.53 Å². The van der Waals surface area contributed by atoms with Gasteiger partial charge in [0.1, 0.15) is 0 Å². The van der Waals surface area contributed by atoms with Gasteiger partial charge in [0.15, 0.2) is 0 Å². The number of carbonyl (C=O) groups excluding carboxylic acids is 1. The average Bonchev–Trinajstić information content (AvgIpc) is 2.42. The first-order chi connectivity index (χ1) is 9.19. The molecular weight excluding hydrogens is 238 g/mol. The third-order valence-corrected chi connectivity index (χ3v) is 2.71. The van der Waals surface area contributed by atoms with Crippen molar-refractivity contribution in [3.05, 3.63) is 59.7 Å². The van der Waals surface area contributed by atoms with E-state index in [-0.39, 0.29) is 5.97 Å². The van der Waals surface area contributed by atoms with E-state index >= 15 is 0 Å². The van der Waals surface area contributed by atoms with E-state index in [0.717, 1.165) is 11.4 Å². The summed E-state index contributed by atoms with van der Waals surface area (Å²) in [7, 11) is 0. The molecule has 1 N–H and O–H groups in total. The number of rotatable bonds is 4. The first-order valence-electron chi connectivity index (χ1n) is 6.30. The van der Waals surface area contributed by atoms with Crippen molar-refractivity contribution in [3.8, 4) is 0 Å². The molecule has 0 spiro atoms. The molecule has 0 heterocycles. The van der Waals surface area contributed by atoms with Gasteiger partial charge in [0.05, 0.1) is 12.2 Å². The molecule has 0 radical (unpaired) electrons. The fourth-order valence-corrected chi connectivity index (χ4v) is 1.74. The summed E-state index contributed by atoms with van der Waals surface area (Å²) in [4.78, 5) is 11.6. The number of carbonyl (C=O) groups is 1. The Kier molecular flexibility index (Phi) is 4.18. The topological polar surface area (TPSA) is 38.3 Å². The van der Waals surface area contributed by atoms with Crippen LogP contribution >= 0.6 is 0 Å². The van der Waals surface area contributed by atoms with Gasteiger partial charge in [-0.05, 0) is 44.2 Å². The number of benzene rings is 2. The zero-order chi connectivity index (χ0) is 13.7. The van der Waals surface area contributed by atoms with Gasteiger partial charge in [-0.25, -0.2) is 4.79 Å². The van der Waals surface area contributed by atoms with Gasteiger partial charge in [-0.2, -0.15) is 0 Å². The first kappa shape index (κ1) is 13.1. The summed E-state index contributed by atoms with van der Waals surface area (Å²) in [5.41, 5.74) is 3.63. The van der Waals surface area contributed by atoms with Crippen molar-refractivity contribution in [2.45, 2.75) is 13.8 Å². The number of hydrogen-bond acceptors (Lipinski definition) is 3. The summed E-state index contributed by atoms with van der Waals surface area (Å²) < 4.78 is 4.98. The smallest absolute Gasteiger partial charge is 0.338 e. The van der Waals surface area contributed by atoms with Gasteiger partial charge in [-0.15, -0.1) is 0 Å². The van der Waals surface area contributed by atoms with Crippen LogP contribution in [0.15, 0.2) is 48.5 Å². The van der Waals surface area contributed by atoms with E-state index in [2.05, 4.69) is 5.32 Å². The highest BCUT2D eigenvalue weighted by Gasteiger charge is 2.06. The standard InChI is InChI=1S/C16H17NO2/c1-3-19-16(18)13-5-4-6-15(11-13)17-14-9-7-12(2)8-10-14/h4-11,17H,3H2,1-2H3. The Bertz CT molecular complexity index is 561. The Hall–Kier alpha value is -2.29. The molecule has 3 heteroatoms. The van der Waals surface area contributed by atoms with Gasteiger partial charge in [0.2, 0.25) is 0 Å². The Morgan fingerprint density at radius 3 is 2.53 bits per heavy atom. The fraction of sp³-hybridized carbons (Fsp3) is 0.188. The highest BCUT2D eigenvalue weighted by molar-refractivity contribution is 5.90. The quantitative estimate of drug-likeness (QED) is 0.842. The highest BCUT2D eigenvalue weighted by Crippen LogP contribution is 2.18. The number of ether oxygens (including phenoxy) is 1. The minimum Gasteiger partial charge on any atom is -0.462 e. The zero-order valence-electron chi connectivity index (χ0n) is 11.1. The average molecular weight is 255 g/mol. The van der Waals surface area contributed by atoms with Gasteiger partial charge in [0.25, 0.3) is 0 Å². The second kappa shape index (κ2) is 6.05. The van der Waals surface area contributed by atoms with Gasteiger partial charge >= 0.3 is 5.97 Å². The van der Waals surface area contributed by atoms with Crippen LogP contribution in [0.5, 0.6) is 0 Å². The van der Waals surface area contributed by atoms with E-state index in [9.17, 15) is 4.79 Å². The maximum atomic E-state index is 11.6. The second-order valence-corrected chi connectivity index (χ2v) is 4.29. The number of hydrogen-bond donors (Lipinski definition) is 1. The zero-order valence-corrected chi connectivity index (χ0v) is 11.1. The molecule has 2 aromatic carbocycles. The van der Waals surface area contributed by atoms with Crippen molar-refractivity contribution in [2.75, 3.05) is 11.9 Å². The van der Waals surface area contributed by atoms with Crippen LogP contribution in [0.4, 0.5) is 11.4 Å². The van der Waals surface area contributed by atoms with Crippen LogP contribution in [0.3, 0.4) is 0 Å². The lowest BCUT2D eigenvalue weighted by Crippen LogP contribution is -2.04. The molecule has 0 saturated carbocycles. The molecule has 0 amide bonds. The maximum Gasteiger partial charge on any atom is 0.338 e. The Morgan fingerprint density at radius 1 is 1.11 bits per heavy atom. The highest BCUT2D eigenvalue weighted by atomic mass is 16.5. The van der Waals surface area contributed by atoms with E-state index in [1.165, 1.54) is 5.56 Å². The molecule has 98 valence electrons. The largest absolute Gasteiger partial charge is 0.462 e. The van der Waals surface area contributed by atoms with Crippen molar-refractivity contribution in [1.29, 1.82) is 0 Å². The third kappa shape index (κ3) is 3.58. The van der Waals surface area contributed by atoms with Gasteiger partial charge in [0, 0.05) is 11.4 Å². The molecular formula is C16H17NO2. The molecule has 0 unspecified atom stereocenters. The number of anilines is 2. The van der Waals surface area contributed by atoms with Crippen molar-refractivity contribution in [1.82, 2.24) is 0 Å². The minimum atomic E-state index is -0.296. The van der Waals surface area contributed by atoms with Gasteiger partial charge in [-0.1, -0.05) is 23.8 Å². The predicted octanol–water partition coefficient (Wildman–Crippen LogP) is 3.92. The third-order valence-electron chi connectivity index (χ3n) is 2.71. The molecule has 0 aromatic heterocycles. The van der Waals surface area contributed by atoms with E-state index in [1.807, 2.05) is 43.3 Å². The lowest BCUT2D eigenvalue weighted by molar-refractivity contribution is 0.0526. The Balaban J connectivity index is 2.15. The van der Waals surface area contributed by atoms with Gasteiger partial charge in [-0.3, -0.25) is 0 Å². The number of nitrogens with one attached hydrogen (secondary N) is 1. The molecule has 0 bridgehead atoms. The van der Waals surface area contributed by atoms with Crippen LogP contribution in [0.1, 0.15) is 22.8 Å².